The zero-order valence-electron chi connectivity index (χ0n) is 17.1. The van der Waals surface area contributed by atoms with Gasteiger partial charge in [0.25, 0.3) is 0 Å². The van der Waals surface area contributed by atoms with Gasteiger partial charge in [0.05, 0.1) is 5.76 Å². The van der Waals surface area contributed by atoms with Crippen molar-refractivity contribution in [2.75, 3.05) is 6.61 Å². The number of allylic oxidation sites excluding steroid dienone is 2. The Hall–Kier alpha value is -3.17. The summed E-state index contributed by atoms with van der Waals surface area (Å²) in [5.74, 6) is 0.934. The number of carbonyl (C=O) groups is 1. The first-order chi connectivity index (χ1) is 14.7. The van der Waals surface area contributed by atoms with E-state index in [2.05, 4.69) is 97.6 Å². The predicted octanol–water partition coefficient (Wildman–Crippen LogP) is 3.91. The summed E-state index contributed by atoms with van der Waals surface area (Å²) in [6.45, 7) is 4.99. The summed E-state index contributed by atoms with van der Waals surface area (Å²) in [5, 5.41) is 4.92. The number of hydrogen-bond acceptors (Lipinski definition) is 2. The Balaban J connectivity index is 1.82. The van der Waals surface area contributed by atoms with Crippen molar-refractivity contribution in [3.05, 3.63) is 115 Å². The molecule has 3 aromatic carbocycles. The predicted molar refractivity (Wildman–Crippen MR) is 126 cm³/mol. The quantitative estimate of drug-likeness (QED) is 0.436. The third-order valence-electron chi connectivity index (χ3n) is 5.75. The van der Waals surface area contributed by atoms with Crippen molar-refractivity contribution in [3.8, 4) is 0 Å². The van der Waals surface area contributed by atoms with Crippen LogP contribution < -0.4 is 15.6 Å². The molecule has 0 heterocycles. The van der Waals surface area contributed by atoms with E-state index < -0.39 is 8.07 Å². The van der Waals surface area contributed by atoms with Crippen LogP contribution in [0.1, 0.15) is 19.3 Å². The SMILES string of the molecule is C=C(COC1=CC(=O)CCC1)[Si](c1ccccc1)(c1ccccc1)c1ccccc1. The van der Waals surface area contributed by atoms with Crippen LogP contribution in [0.25, 0.3) is 0 Å². The molecule has 30 heavy (non-hydrogen) atoms. The van der Waals surface area contributed by atoms with Gasteiger partial charge in [-0.05, 0) is 27.2 Å². The molecule has 1 aliphatic rings. The molecule has 0 unspecified atom stereocenters. The Morgan fingerprint density at radius 2 is 1.23 bits per heavy atom. The van der Waals surface area contributed by atoms with Gasteiger partial charge in [-0.1, -0.05) is 97.6 Å². The molecule has 0 atom stereocenters. The molecule has 0 fully saturated rings. The lowest BCUT2D eigenvalue weighted by molar-refractivity contribution is -0.115. The van der Waals surface area contributed by atoms with E-state index >= 15 is 0 Å². The molecule has 0 radical (unpaired) electrons. The average Bonchev–Trinajstić information content (AvgIpc) is 2.80. The second-order valence-electron chi connectivity index (χ2n) is 7.67. The van der Waals surface area contributed by atoms with E-state index in [9.17, 15) is 4.79 Å². The second-order valence-corrected chi connectivity index (χ2v) is 11.6. The number of ether oxygens (including phenoxy) is 1. The molecule has 0 aromatic heterocycles. The molecule has 2 nitrogen and oxygen atoms in total. The van der Waals surface area contributed by atoms with Gasteiger partial charge in [-0.25, -0.2) is 0 Å². The first-order valence-electron chi connectivity index (χ1n) is 10.4. The minimum Gasteiger partial charge on any atom is -0.494 e. The lowest BCUT2D eigenvalue weighted by atomic mass is 10.1. The highest BCUT2D eigenvalue weighted by molar-refractivity contribution is 7.16. The maximum atomic E-state index is 11.8. The molecule has 1 aliphatic carbocycles. The first kappa shape index (κ1) is 20.1. The van der Waals surface area contributed by atoms with E-state index in [0.29, 0.717) is 13.0 Å². The lowest BCUT2D eigenvalue weighted by Gasteiger charge is -2.35. The van der Waals surface area contributed by atoms with Gasteiger partial charge in [0.15, 0.2) is 13.9 Å². The number of rotatable bonds is 7. The topological polar surface area (TPSA) is 26.3 Å². The fourth-order valence-corrected chi connectivity index (χ4v) is 8.93. The van der Waals surface area contributed by atoms with Gasteiger partial charge >= 0.3 is 0 Å². The fourth-order valence-electron chi connectivity index (χ4n) is 4.34. The van der Waals surface area contributed by atoms with Crippen molar-refractivity contribution in [3.63, 3.8) is 0 Å². The van der Waals surface area contributed by atoms with Gasteiger partial charge in [0.1, 0.15) is 6.61 Å². The molecule has 0 spiro atoms. The van der Waals surface area contributed by atoms with Crippen LogP contribution in [0.5, 0.6) is 0 Å². The van der Waals surface area contributed by atoms with Crippen LogP contribution >= 0.6 is 0 Å². The zero-order chi connectivity index (χ0) is 20.8. The van der Waals surface area contributed by atoms with Crippen LogP contribution in [0, 0.1) is 0 Å². The van der Waals surface area contributed by atoms with Crippen LogP contribution in [0.15, 0.2) is 115 Å². The van der Waals surface area contributed by atoms with Crippen LogP contribution in [0.4, 0.5) is 0 Å². The number of benzene rings is 3. The number of hydrogen-bond donors (Lipinski definition) is 0. The standard InChI is InChI=1S/C27H26O2Si/c1-22(21-29-24-13-11-12-23(28)20-24)30(25-14-5-2-6-15-25,26-16-7-3-8-17-26)27-18-9-4-10-19-27/h2-10,14-20H,1,11-13,21H2. The van der Waals surface area contributed by atoms with Gasteiger partial charge in [-0.15, -0.1) is 0 Å². The highest BCUT2D eigenvalue weighted by Gasteiger charge is 2.42. The van der Waals surface area contributed by atoms with E-state index in [1.165, 1.54) is 15.6 Å². The summed E-state index contributed by atoms with van der Waals surface area (Å²) >= 11 is 0. The molecule has 0 aliphatic heterocycles. The Kier molecular flexibility index (Phi) is 6.10. The highest BCUT2D eigenvalue weighted by atomic mass is 28.3. The van der Waals surface area contributed by atoms with E-state index in [-0.39, 0.29) is 5.78 Å². The van der Waals surface area contributed by atoms with Crippen LogP contribution in [0.2, 0.25) is 0 Å². The van der Waals surface area contributed by atoms with Crippen molar-refractivity contribution in [1.29, 1.82) is 0 Å². The first-order valence-corrected chi connectivity index (χ1v) is 12.4. The molecule has 0 bridgehead atoms. The summed E-state index contributed by atoms with van der Waals surface area (Å²) in [5.41, 5.74) is 0. The van der Waals surface area contributed by atoms with Gasteiger partial charge in [-0.2, -0.15) is 0 Å². The zero-order valence-corrected chi connectivity index (χ0v) is 18.1. The number of carbonyl (C=O) groups excluding carboxylic acids is 1. The minimum absolute atomic E-state index is 0.152. The highest BCUT2D eigenvalue weighted by Crippen LogP contribution is 2.21. The van der Waals surface area contributed by atoms with E-state index in [4.69, 9.17) is 4.74 Å². The Labute approximate surface area is 179 Å². The summed E-state index contributed by atoms with van der Waals surface area (Å²) < 4.78 is 6.16. The van der Waals surface area contributed by atoms with E-state index in [0.717, 1.165) is 23.8 Å². The summed E-state index contributed by atoms with van der Waals surface area (Å²) in [4.78, 5) is 11.8. The summed E-state index contributed by atoms with van der Waals surface area (Å²) in [6.07, 6.45) is 3.95. The van der Waals surface area contributed by atoms with Crippen molar-refractivity contribution in [1.82, 2.24) is 0 Å². The van der Waals surface area contributed by atoms with Gasteiger partial charge in [0.2, 0.25) is 0 Å². The van der Waals surface area contributed by atoms with Crippen LogP contribution in [-0.4, -0.2) is 20.5 Å². The van der Waals surface area contributed by atoms with Crippen molar-refractivity contribution >= 4 is 29.4 Å². The van der Waals surface area contributed by atoms with E-state index in [1.807, 2.05) is 0 Å². The monoisotopic (exact) mass is 410 g/mol. The summed E-state index contributed by atoms with van der Waals surface area (Å²) in [6, 6.07) is 32.0. The van der Waals surface area contributed by atoms with Crippen LogP contribution in [0.3, 0.4) is 0 Å². The second kappa shape index (κ2) is 9.10. The van der Waals surface area contributed by atoms with Crippen molar-refractivity contribution < 1.29 is 9.53 Å². The molecule has 3 heteroatoms. The van der Waals surface area contributed by atoms with Crippen molar-refractivity contribution in [2.45, 2.75) is 19.3 Å². The third kappa shape index (κ3) is 3.94. The maximum Gasteiger partial charge on any atom is 0.178 e. The third-order valence-corrected chi connectivity index (χ3v) is 10.6. The van der Waals surface area contributed by atoms with Gasteiger partial charge in [-0.3, -0.25) is 4.79 Å². The molecule has 150 valence electrons. The van der Waals surface area contributed by atoms with Crippen LogP contribution in [-0.2, 0) is 9.53 Å². The fraction of sp³-hybridized carbons (Fsp3) is 0.148. The van der Waals surface area contributed by atoms with Gasteiger partial charge in [0, 0.05) is 18.9 Å². The smallest absolute Gasteiger partial charge is 0.178 e. The Morgan fingerprint density at radius 3 is 1.67 bits per heavy atom. The molecule has 0 N–H and O–H groups in total. The maximum absolute atomic E-state index is 11.8. The molecular weight excluding hydrogens is 384 g/mol. The molecule has 4 rings (SSSR count). The molecular formula is C27H26O2Si. The molecule has 0 saturated carbocycles. The summed E-state index contributed by atoms with van der Waals surface area (Å²) in [7, 11) is -2.56. The molecule has 0 saturated heterocycles. The van der Waals surface area contributed by atoms with Gasteiger partial charge < -0.3 is 4.74 Å². The largest absolute Gasteiger partial charge is 0.494 e. The normalized spacial score (nSPS) is 14.1. The molecule has 0 amide bonds. The lowest BCUT2D eigenvalue weighted by Crippen LogP contribution is -2.69. The number of ketones is 1. The van der Waals surface area contributed by atoms with E-state index in [1.54, 1.807) is 6.08 Å². The Bertz CT molecular complexity index is 943. The Morgan fingerprint density at radius 1 is 0.767 bits per heavy atom. The average molecular weight is 411 g/mol. The molecule has 3 aromatic rings. The minimum atomic E-state index is -2.56. The van der Waals surface area contributed by atoms with Crippen molar-refractivity contribution in [2.24, 2.45) is 0 Å².